The summed E-state index contributed by atoms with van der Waals surface area (Å²) in [5.74, 6) is 0.954. The van der Waals surface area contributed by atoms with Crippen LogP contribution in [0.5, 0.6) is 5.75 Å². The number of nitro benzene ring substituents is 1. The Morgan fingerprint density at radius 1 is 1.29 bits per heavy atom. The first-order valence-electron chi connectivity index (χ1n) is 6.81. The summed E-state index contributed by atoms with van der Waals surface area (Å²) in [5.41, 5.74) is 3.48. The molecule has 5 nitrogen and oxygen atoms in total. The number of non-ortho nitro benzene ring substituents is 1. The third-order valence-electron chi connectivity index (χ3n) is 3.87. The predicted octanol–water partition coefficient (Wildman–Crippen LogP) is 2.84. The quantitative estimate of drug-likeness (QED) is 0.695. The molecule has 3 rings (SSSR count). The number of nitrogens with zero attached hydrogens (tertiary/aromatic N) is 1. The van der Waals surface area contributed by atoms with E-state index in [0.29, 0.717) is 0 Å². The number of fused-ring (bicyclic) bond motifs is 1. The van der Waals surface area contributed by atoms with Crippen molar-refractivity contribution in [1.29, 1.82) is 0 Å². The van der Waals surface area contributed by atoms with E-state index < -0.39 is 0 Å². The molecule has 21 heavy (non-hydrogen) atoms. The summed E-state index contributed by atoms with van der Waals surface area (Å²) >= 11 is 0. The molecule has 0 bridgehead atoms. The Labute approximate surface area is 122 Å². The second-order valence-electron chi connectivity index (χ2n) is 5.10. The van der Waals surface area contributed by atoms with Crippen LogP contribution in [-0.2, 0) is 6.54 Å². The van der Waals surface area contributed by atoms with Gasteiger partial charge >= 0.3 is 0 Å². The molecule has 1 N–H and O–H groups in total. The number of methoxy groups -OCH3 is 1. The summed E-state index contributed by atoms with van der Waals surface area (Å²) in [7, 11) is 1.65. The second-order valence-corrected chi connectivity index (χ2v) is 5.10. The van der Waals surface area contributed by atoms with Gasteiger partial charge in [-0.05, 0) is 28.8 Å². The van der Waals surface area contributed by atoms with Gasteiger partial charge in [0.05, 0.1) is 12.0 Å². The van der Waals surface area contributed by atoms with Gasteiger partial charge in [0.1, 0.15) is 5.75 Å². The number of rotatable bonds is 3. The first-order chi connectivity index (χ1) is 10.2. The summed E-state index contributed by atoms with van der Waals surface area (Å²) in [6.45, 7) is 1.57. The van der Waals surface area contributed by atoms with Crippen molar-refractivity contribution < 1.29 is 9.66 Å². The van der Waals surface area contributed by atoms with Crippen LogP contribution in [-0.4, -0.2) is 18.6 Å². The van der Waals surface area contributed by atoms with Gasteiger partial charge in [-0.2, -0.15) is 0 Å². The number of ether oxygens (including phenoxy) is 1. The van der Waals surface area contributed by atoms with Crippen LogP contribution >= 0.6 is 0 Å². The Balaban J connectivity index is 2.02. The van der Waals surface area contributed by atoms with Gasteiger partial charge < -0.3 is 10.1 Å². The Bertz CT molecular complexity index is 685. The van der Waals surface area contributed by atoms with Gasteiger partial charge in [0, 0.05) is 31.1 Å². The zero-order valence-corrected chi connectivity index (χ0v) is 11.7. The largest absolute Gasteiger partial charge is 0.497 e. The van der Waals surface area contributed by atoms with Crippen LogP contribution in [0, 0.1) is 10.1 Å². The number of nitrogens with one attached hydrogen (secondary N) is 1. The van der Waals surface area contributed by atoms with Crippen molar-refractivity contribution in [3.05, 3.63) is 69.3 Å². The minimum Gasteiger partial charge on any atom is -0.497 e. The fourth-order valence-electron chi connectivity index (χ4n) is 2.82. The van der Waals surface area contributed by atoms with Gasteiger partial charge in [-0.1, -0.05) is 18.2 Å². The van der Waals surface area contributed by atoms with E-state index in [1.54, 1.807) is 19.2 Å². The fourth-order valence-corrected chi connectivity index (χ4v) is 2.82. The number of benzene rings is 2. The standard InChI is InChI=1S/C16H16N2O3/c1-21-14-5-6-15-12(8-14)9-17-10-16(15)11-3-2-4-13(7-11)18(19)20/h2-8,16-17H,9-10H2,1H3. The predicted molar refractivity (Wildman–Crippen MR) is 79.6 cm³/mol. The molecule has 1 heterocycles. The lowest BCUT2D eigenvalue weighted by atomic mass is 9.85. The Hall–Kier alpha value is -2.40. The lowest BCUT2D eigenvalue weighted by molar-refractivity contribution is -0.384. The molecule has 0 aliphatic carbocycles. The minimum atomic E-state index is -0.352. The van der Waals surface area contributed by atoms with Crippen LogP contribution in [0.1, 0.15) is 22.6 Å². The van der Waals surface area contributed by atoms with Crippen molar-refractivity contribution in [2.75, 3.05) is 13.7 Å². The molecular formula is C16H16N2O3. The van der Waals surface area contributed by atoms with E-state index in [0.717, 1.165) is 24.4 Å². The fraction of sp³-hybridized carbons (Fsp3) is 0.250. The lowest BCUT2D eigenvalue weighted by Crippen LogP contribution is -2.28. The van der Waals surface area contributed by atoms with E-state index in [4.69, 9.17) is 4.74 Å². The molecule has 0 spiro atoms. The molecule has 0 radical (unpaired) electrons. The van der Waals surface area contributed by atoms with Gasteiger partial charge in [-0.15, -0.1) is 0 Å². The Kier molecular flexibility index (Phi) is 3.58. The molecule has 108 valence electrons. The number of hydrogen-bond donors (Lipinski definition) is 1. The van der Waals surface area contributed by atoms with E-state index in [1.807, 2.05) is 18.2 Å². The maximum atomic E-state index is 10.9. The smallest absolute Gasteiger partial charge is 0.269 e. The third-order valence-corrected chi connectivity index (χ3v) is 3.87. The molecule has 0 saturated carbocycles. The van der Waals surface area contributed by atoms with Gasteiger partial charge in [0.25, 0.3) is 5.69 Å². The zero-order valence-electron chi connectivity index (χ0n) is 11.7. The third kappa shape index (κ3) is 2.60. The lowest BCUT2D eigenvalue weighted by Gasteiger charge is -2.27. The average Bonchev–Trinajstić information content (AvgIpc) is 2.53. The molecular weight excluding hydrogens is 268 g/mol. The van der Waals surface area contributed by atoms with Crippen molar-refractivity contribution in [3.63, 3.8) is 0 Å². The Morgan fingerprint density at radius 3 is 2.90 bits per heavy atom. The highest BCUT2D eigenvalue weighted by atomic mass is 16.6. The second kappa shape index (κ2) is 5.54. The summed E-state index contributed by atoms with van der Waals surface area (Å²) < 4.78 is 5.25. The molecule has 1 atom stereocenters. The number of hydrogen-bond acceptors (Lipinski definition) is 4. The molecule has 1 aliphatic heterocycles. The van der Waals surface area contributed by atoms with Gasteiger partial charge in [0.15, 0.2) is 0 Å². The van der Waals surface area contributed by atoms with E-state index in [1.165, 1.54) is 17.2 Å². The molecule has 5 heteroatoms. The maximum Gasteiger partial charge on any atom is 0.269 e. The van der Waals surface area contributed by atoms with Crippen LogP contribution in [0.4, 0.5) is 5.69 Å². The summed E-state index contributed by atoms with van der Waals surface area (Å²) in [6, 6.07) is 12.9. The highest BCUT2D eigenvalue weighted by Crippen LogP contribution is 2.33. The van der Waals surface area contributed by atoms with E-state index in [2.05, 4.69) is 11.4 Å². The molecule has 0 saturated heterocycles. The SMILES string of the molecule is COc1ccc2c(c1)CNCC2c1cccc([N+](=O)[O-])c1. The van der Waals surface area contributed by atoms with E-state index in [-0.39, 0.29) is 16.5 Å². The summed E-state index contributed by atoms with van der Waals surface area (Å²) in [5, 5.41) is 14.3. The molecule has 0 aromatic heterocycles. The molecule has 1 aliphatic rings. The van der Waals surface area contributed by atoms with Crippen molar-refractivity contribution in [3.8, 4) is 5.75 Å². The topological polar surface area (TPSA) is 64.4 Å². The van der Waals surface area contributed by atoms with Crippen molar-refractivity contribution >= 4 is 5.69 Å². The van der Waals surface area contributed by atoms with Crippen molar-refractivity contribution in [2.45, 2.75) is 12.5 Å². The molecule has 1 unspecified atom stereocenters. The highest BCUT2D eigenvalue weighted by Gasteiger charge is 2.23. The van der Waals surface area contributed by atoms with Gasteiger partial charge in [0.2, 0.25) is 0 Å². The number of nitro groups is 1. The molecule has 0 fully saturated rings. The average molecular weight is 284 g/mol. The van der Waals surface area contributed by atoms with E-state index >= 15 is 0 Å². The van der Waals surface area contributed by atoms with Crippen LogP contribution in [0.15, 0.2) is 42.5 Å². The van der Waals surface area contributed by atoms with Crippen LogP contribution in [0.2, 0.25) is 0 Å². The first kappa shape index (κ1) is 13.6. The summed E-state index contributed by atoms with van der Waals surface area (Å²) in [4.78, 5) is 10.6. The van der Waals surface area contributed by atoms with Crippen LogP contribution in [0.25, 0.3) is 0 Å². The molecule has 0 amide bonds. The van der Waals surface area contributed by atoms with Gasteiger partial charge in [-0.25, -0.2) is 0 Å². The Morgan fingerprint density at radius 2 is 2.14 bits per heavy atom. The molecule has 2 aromatic carbocycles. The first-order valence-corrected chi connectivity index (χ1v) is 6.81. The van der Waals surface area contributed by atoms with E-state index in [9.17, 15) is 10.1 Å². The maximum absolute atomic E-state index is 10.9. The monoisotopic (exact) mass is 284 g/mol. The van der Waals surface area contributed by atoms with Crippen LogP contribution < -0.4 is 10.1 Å². The van der Waals surface area contributed by atoms with Crippen molar-refractivity contribution in [2.24, 2.45) is 0 Å². The minimum absolute atomic E-state index is 0.125. The van der Waals surface area contributed by atoms with Gasteiger partial charge in [-0.3, -0.25) is 10.1 Å². The van der Waals surface area contributed by atoms with Crippen LogP contribution in [0.3, 0.4) is 0 Å². The normalized spacial score (nSPS) is 17.1. The molecule has 2 aromatic rings. The highest BCUT2D eigenvalue weighted by molar-refractivity contribution is 5.46. The summed E-state index contributed by atoms with van der Waals surface area (Å²) in [6.07, 6.45) is 0. The van der Waals surface area contributed by atoms with Crippen molar-refractivity contribution in [1.82, 2.24) is 5.32 Å². The zero-order chi connectivity index (χ0) is 14.8.